The predicted molar refractivity (Wildman–Crippen MR) is 131 cm³/mol. The smallest absolute Gasteiger partial charge is 0.203 e. The lowest BCUT2D eigenvalue weighted by molar-refractivity contribution is 0.136. The minimum absolute atomic E-state index is 0.452. The first kappa shape index (κ1) is 22.1. The van der Waals surface area contributed by atoms with Gasteiger partial charge in [-0.1, -0.05) is 42.5 Å². The molecule has 1 saturated carbocycles. The third-order valence-electron chi connectivity index (χ3n) is 6.64. The molecule has 0 saturated heterocycles. The standard InChI is InChI=1S/C27H29N3O4/c1-31-22-14-19(15-23(32-2)26(22)33-3)27(18-8-6-5-7-9-18)13-12-20-21(16-27)28-29-25(20)24(30-34-4)17-10-11-17/h5-9,12-15,30H,10-11,16H2,1-4H3,(H,28,29). The molecule has 2 N–H and O–H groups in total. The molecule has 1 unspecified atom stereocenters. The second-order valence-electron chi connectivity index (χ2n) is 8.51. The topological polar surface area (TPSA) is 77.6 Å². The first-order chi connectivity index (χ1) is 16.6. The van der Waals surface area contributed by atoms with E-state index in [2.05, 4.69) is 52.1 Å². The molecular weight excluding hydrogens is 430 g/mol. The van der Waals surface area contributed by atoms with Crippen molar-refractivity contribution in [2.45, 2.75) is 24.7 Å². The molecule has 1 heterocycles. The maximum atomic E-state index is 5.68. The molecule has 2 aliphatic rings. The van der Waals surface area contributed by atoms with E-state index in [1.807, 2.05) is 18.2 Å². The van der Waals surface area contributed by atoms with E-state index in [1.165, 1.54) is 5.57 Å². The minimum Gasteiger partial charge on any atom is -0.493 e. The molecule has 2 aromatic carbocycles. The second kappa shape index (κ2) is 8.91. The van der Waals surface area contributed by atoms with E-state index in [9.17, 15) is 0 Å². The molecule has 2 aliphatic carbocycles. The molecule has 7 nitrogen and oxygen atoms in total. The summed E-state index contributed by atoms with van der Waals surface area (Å²) in [6, 6.07) is 14.5. The molecule has 1 fully saturated rings. The number of hydrogen-bond acceptors (Lipinski definition) is 6. The normalized spacial score (nSPS) is 18.3. The number of nitrogens with zero attached hydrogens (tertiary/aromatic N) is 1. The van der Waals surface area contributed by atoms with Gasteiger partial charge in [-0.2, -0.15) is 5.10 Å². The first-order valence-corrected chi connectivity index (χ1v) is 11.3. The zero-order valence-corrected chi connectivity index (χ0v) is 19.9. The SMILES string of the molecule is CONC(=C1CC1)c1n[nH]c2c1C=CC(c1ccccc1)(c1cc(OC)c(OC)c(OC)c1)C2. The number of benzene rings is 2. The number of nitrogens with one attached hydrogen (secondary N) is 2. The summed E-state index contributed by atoms with van der Waals surface area (Å²) in [5.74, 6) is 1.83. The van der Waals surface area contributed by atoms with Crippen molar-refractivity contribution in [1.29, 1.82) is 0 Å². The molecule has 0 aliphatic heterocycles. The van der Waals surface area contributed by atoms with Crippen LogP contribution in [-0.4, -0.2) is 38.6 Å². The van der Waals surface area contributed by atoms with Gasteiger partial charge in [0.25, 0.3) is 0 Å². The molecule has 7 heteroatoms. The van der Waals surface area contributed by atoms with Gasteiger partial charge in [0.05, 0.1) is 34.1 Å². The van der Waals surface area contributed by atoms with Crippen LogP contribution in [0.15, 0.2) is 54.1 Å². The molecule has 0 radical (unpaired) electrons. The highest BCUT2D eigenvalue weighted by molar-refractivity contribution is 5.77. The summed E-state index contributed by atoms with van der Waals surface area (Å²) in [6.45, 7) is 0. The zero-order valence-electron chi connectivity index (χ0n) is 19.9. The molecule has 176 valence electrons. The molecule has 0 spiro atoms. The van der Waals surface area contributed by atoms with Crippen LogP contribution in [0.3, 0.4) is 0 Å². The van der Waals surface area contributed by atoms with Gasteiger partial charge in [0.15, 0.2) is 11.5 Å². The fraction of sp³-hybridized carbons (Fsp3) is 0.296. The van der Waals surface area contributed by atoms with Gasteiger partial charge in [-0.25, -0.2) is 0 Å². The molecular formula is C27H29N3O4. The van der Waals surface area contributed by atoms with Crippen molar-refractivity contribution in [2.75, 3.05) is 28.4 Å². The van der Waals surface area contributed by atoms with Crippen LogP contribution in [0.1, 0.15) is 40.9 Å². The molecule has 5 rings (SSSR count). The van der Waals surface area contributed by atoms with Gasteiger partial charge in [-0.3, -0.25) is 15.4 Å². The third-order valence-corrected chi connectivity index (χ3v) is 6.64. The average Bonchev–Trinajstić information content (AvgIpc) is 3.65. The van der Waals surface area contributed by atoms with Crippen LogP contribution in [0.2, 0.25) is 0 Å². The van der Waals surface area contributed by atoms with Crippen molar-refractivity contribution in [1.82, 2.24) is 15.7 Å². The van der Waals surface area contributed by atoms with Crippen LogP contribution in [0, 0.1) is 0 Å². The van der Waals surface area contributed by atoms with Crippen LogP contribution >= 0.6 is 0 Å². The number of hydroxylamine groups is 1. The molecule has 1 aromatic heterocycles. The molecule has 3 aromatic rings. The van der Waals surface area contributed by atoms with Crippen molar-refractivity contribution in [3.05, 3.63) is 82.2 Å². The molecule has 0 amide bonds. The van der Waals surface area contributed by atoms with Gasteiger partial charge in [0, 0.05) is 23.1 Å². The van der Waals surface area contributed by atoms with Crippen LogP contribution in [-0.2, 0) is 16.7 Å². The highest BCUT2D eigenvalue weighted by atomic mass is 16.6. The number of fused-ring (bicyclic) bond motifs is 1. The van der Waals surface area contributed by atoms with Crippen molar-refractivity contribution >= 4 is 11.8 Å². The average molecular weight is 460 g/mol. The van der Waals surface area contributed by atoms with Crippen LogP contribution < -0.4 is 19.7 Å². The van der Waals surface area contributed by atoms with Gasteiger partial charge in [-0.05, 0) is 41.7 Å². The zero-order chi connectivity index (χ0) is 23.7. The largest absolute Gasteiger partial charge is 0.493 e. The quantitative estimate of drug-likeness (QED) is 0.478. The Morgan fingerprint density at radius 1 is 0.941 bits per heavy atom. The number of H-pyrrole nitrogens is 1. The van der Waals surface area contributed by atoms with Crippen molar-refractivity contribution in [3.8, 4) is 17.2 Å². The fourth-order valence-electron chi connectivity index (χ4n) is 4.79. The number of ether oxygens (including phenoxy) is 3. The maximum absolute atomic E-state index is 5.68. The van der Waals surface area contributed by atoms with E-state index in [4.69, 9.17) is 19.0 Å². The van der Waals surface area contributed by atoms with Crippen molar-refractivity contribution in [2.24, 2.45) is 0 Å². The lowest BCUT2D eigenvalue weighted by Crippen LogP contribution is -2.30. The minimum atomic E-state index is -0.452. The maximum Gasteiger partial charge on any atom is 0.203 e. The van der Waals surface area contributed by atoms with E-state index in [-0.39, 0.29) is 0 Å². The highest BCUT2D eigenvalue weighted by Gasteiger charge is 2.38. The van der Waals surface area contributed by atoms with Crippen LogP contribution in [0.4, 0.5) is 0 Å². The summed E-state index contributed by atoms with van der Waals surface area (Å²) in [6.07, 6.45) is 7.25. The first-order valence-electron chi connectivity index (χ1n) is 11.3. The summed E-state index contributed by atoms with van der Waals surface area (Å²) in [7, 11) is 6.53. The second-order valence-corrected chi connectivity index (χ2v) is 8.51. The highest BCUT2D eigenvalue weighted by Crippen LogP contribution is 2.48. The van der Waals surface area contributed by atoms with Crippen molar-refractivity contribution in [3.63, 3.8) is 0 Å². The summed E-state index contributed by atoms with van der Waals surface area (Å²) < 4.78 is 16.9. The van der Waals surface area contributed by atoms with Gasteiger partial charge in [0.1, 0.15) is 5.69 Å². The van der Waals surface area contributed by atoms with E-state index in [0.717, 1.165) is 46.6 Å². The number of allylic oxidation sites excluding steroid dienone is 2. The Labute approximate surface area is 199 Å². The van der Waals surface area contributed by atoms with Crippen LogP contribution in [0.25, 0.3) is 11.8 Å². The number of aromatic nitrogens is 2. The van der Waals surface area contributed by atoms with E-state index >= 15 is 0 Å². The van der Waals surface area contributed by atoms with E-state index < -0.39 is 5.41 Å². The fourth-order valence-corrected chi connectivity index (χ4v) is 4.79. The monoisotopic (exact) mass is 459 g/mol. The summed E-state index contributed by atoms with van der Waals surface area (Å²) in [5.41, 5.74) is 10.1. The van der Waals surface area contributed by atoms with Gasteiger partial charge < -0.3 is 14.2 Å². The van der Waals surface area contributed by atoms with E-state index in [1.54, 1.807) is 28.4 Å². The summed E-state index contributed by atoms with van der Waals surface area (Å²) in [4.78, 5) is 5.25. The Balaban J connectivity index is 1.67. The lowest BCUT2D eigenvalue weighted by atomic mass is 9.68. The lowest BCUT2D eigenvalue weighted by Gasteiger charge is -2.35. The molecule has 1 atom stereocenters. The Bertz CT molecular complexity index is 1230. The number of methoxy groups -OCH3 is 3. The van der Waals surface area contributed by atoms with Gasteiger partial charge in [-0.15, -0.1) is 0 Å². The Kier molecular flexibility index (Phi) is 5.79. The Morgan fingerprint density at radius 2 is 1.65 bits per heavy atom. The molecule has 0 bridgehead atoms. The Hall–Kier alpha value is -3.71. The van der Waals surface area contributed by atoms with Gasteiger partial charge >= 0.3 is 0 Å². The summed E-state index contributed by atoms with van der Waals surface area (Å²) in [5, 5.41) is 7.98. The predicted octanol–water partition coefficient (Wildman–Crippen LogP) is 4.65. The Morgan fingerprint density at radius 3 is 2.24 bits per heavy atom. The third kappa shape index (κ3) is 3.62. The molecule has 34 heavy (non-hydrogen) atoms. The van der Waals surface area contributed by atoms with Gasteiger partial charge in [0.2, 0.25) is 5.75 Å². The summed E-state index contributed by atoms with van der Waals surface area (Å²) >= 11 is 0. The number of rotatable bonds is 8. The number of aromatic amines is 1. The van der Waals surface area contributed by atoms with E-state index in [0.29, 0.717) is 23.7 Å². The van der Waals surface area contributed by atoms with Crippen molar-refractivity contribution < 1.29 is 19.0 Å². The number of hydrogen-bond donors (Lipinski definition) is 2. The van der Waals surface area contributed by atoms with Crippen LogP contribution in [0.5, 0.6) is 17.2 Å².